The quantitative estimate of drug-likeness (QED) is 0.869. The van der Waals surface area contributed by atoms with Crippen LogP contribution >= 0.6 is 22.9 Å². The van der Waals surface area contributed by atoms with Gasteiger partial charge in [0, 0.05) is 21.3 Å². The minimum Gasteiger partial charge on any atom is -0.371 e. The first-order chi connectivity index (χ1) is 8.79. The highest BCUT2D eigenvalue weighted by Crippen LogP contribution is 2.19. The Bertz CT molecular complexity index is 498. The number of thiophene rings is 1. The molecule has 18 heavy (non-hydrogen) atoms. The van der Waals surface area contributed by atoms with Gasteiger partial charge in [0.05, 0.1) is 13.2 Å². The summed E-state index contributed by atoms with van der Waals surface area (Å²) in [5.41, 5.74) is 1.03. The van der Waals surface area contributed by atoms with Gasteiger partial charge < -0.3 is 10.1 Å². The van der Waals surface area contributed by atoms with Crippen molar-refractivity contribution in [1.29, 1.82) is 0 Å². The zero-order valence-electron chi connectivity index (χ0n) is 10.3. The summed E-state index contributed by atoms with van der Waals surface area (Å²) < 4.78 is 5.68. The van der Waals surface area contributed by atoms with E-state index < -0.39 is 0 Å². The van der Waals surface area contributed by atoms with E-state index in [9.17, 15) is 0 Å². The lowest BCUT2D eigenvalue weighted by atomic mass is 10.2. The van der Waals surface area contributed by atoms with Crippen LogP contribution in [-0.2, 0) is 24.5 Å². The van der Waals surface area contributed by atoms with Crippen molar-refractivity contribution in [3.8, 4) is 0 Å². The number of benzene rings is 1. The van der Waals surface area contributed by atoms with Crippen LogP contribution < -0.4 is 5.32 Å². The molecule has 2 nitrogen and oxygen atoms in total. The van der Waals surface area contributed by atoms with Gasteiger partial charge in [-0.1, -0.05) is 29.8 Å². The molecule has 2 aromatic rings. The molecular weight excluding hydrogens is 266 g/mol. The molecule has 1 aromatic heterocycles. The second-order valence-electron chi connectivity index (χ2n) is 3.98. The molecule has 0 aliphatic heterocycles. The Labute approximate surface area is 117 Å². The third kappa shape index (κ3) is 3.82. The minimum absolute atomic E-state index is 0.554. The molecule has 0 amide bonds. The predicted octanol–water partition coefficient (Wildman–Crippen LogP) is 3.84. The maximum Gasteiger partial charge on any atom is 0.0814 e. The van der Waals surface area contributed by atoms with E-state index in [0.717, 1.165) is 17.1 Å². The summed E-state index contributed by atoms with van der Waals surface area (Å²) in [6.45, 7) is 2.10. The highest BCUT2D eigenvalue weighted by molar-refractivity contribution is 7.11. The van der Waals surface area contributed by atoms with Gasteiger partial charge in [0.25, 0.3) is 0 Å². The van der Waals surface area contributed by atoms with Crippen molar-refractivity contribution in [2.24, 2.45) is 0 Å². The molecule has 1 aromatic carbocycles. The Morgan fingerprint density at radius 3 is 2.67 bits per heavy atom. The molecule has 0 spiro atoms. The van der Waals surface area contributed by atoms with Crippen LogP contribution in [0, 0.1) is 0 Å². The van der Waals surface area contributed by atoms with Crippen molar-refractivity contribution in [2.45, 2.75) is 19.8 Å². The second-order valence-corrected chi connectivity index (χ2v) is 5.64. The van der Waals surface area contributed by atoms with Crippen LogP contribution in [0.3, 0.4) is 0 Å². The average Bonchev–Trinajstić information content (AvgIpc) is 2.80. The van der Waals surface area contributed by atoms with Crippen LogP contribution in [0.1, 0.15) is 15.3 Å². The fraction of sp³-hybridized carbons (Fsp3) is 0.286. The molecule has 0 aliphatic rings. The molecular formula is C14H16ClNOS. The predicted molar refractivity (Wildman–Crippen MR) is 77.0 cm³/mol. The van der Waals surface area contributed by atoms with Crippen LogP contribution in [0.2, 0.25) is 5.02 Å². The summed E-state index contributed by atoms with van der Waals surface area (Å²) in [6, 6.07) is 12.0. The Kier molecular flexibility index (Phi) is 5.20. The lowest BCUT2D eigenvalue weighted by Gasteiger charge is -2.04. The number of rotatable bonds is 6. The molecule has 4 heteroatoms. The number of nitrogens with one attached hydrogen (secondary N) is 1. The van der Waals surface area contributed by atoms with E-state index >= 15 is 0 Å². The van der Waals surface area contributed by atoms with E-state index in [0.29, 0.717) is 13.2 Å². The highest BCUT2D eigenvalue weighted by atomic mass is 35.5. The molecule has 0 bridgehead atoms. The Morgan fingerprint density at radius 2 is 1.89 bits per heavy atom. The van der Waals surface area contributed by atoms with Gasteiger partial charge in [-0.05, 0) is 30.8 Å². The normalized spacial score (nSPS) is 10.8. The molecule has 0 radical (unpaired) electrons. The zero-order chi connectivity index (χ0) is 12.8. The van der Waals surface area contributed by atoms with Gasteiger partial charge in [-0.2, -0.15) is 0 Å². The lowest BCUT2D eigenvalue weighted by Crippen LogP contribution is -2.02. The van der Waals surface area contributed by atoms with Crippen molar-refractivity contribution in [2.75, 3.05) is 7.05 Å². The first kappa shape index (κ1) is 13.6. The van der Waals surface area contributed by atoms with Crippen LogP contribution in [-0.4, -0.2) is 7.05 Å². The summed E-state index contributed by atoms with van der Waals surface area (Å²) in [5.74, 6) is 0. The zero-order valence-corrected chi connectivity index (χ0v) is 11.9. The van der Waals surface area contributed by atoms with Crippen molar-refractivity contribution >= 4 is 22.9 Å². The summed E-state index contributed by atoms with van der Waals surface area (Å²) >= 11 is 7.84. The Balaban J connectivity index is 1.83. The van der Waals surface area contributed by atoms with Gasteiger partial charge >= 0.3 is 0 Å². The molecule has 2 rings (SSSR count). The van der Waals surface area contributed by atoms with Gasteiger partial charge in [0.15, 0.2) is 0 Å². The molecule has 0 atom stereocenters. The SMILES string of the molecule is CNCc1ccc(COCc2ccccc2Cl)s1. The first-order valence-electron chi connectivity index (χ1n) is 5.83. The number of hydrogen-bond donors (Lipinski definition) is 1. The fourth-order valence-corrected chi connectivity index (χ4v) is 2.80. The largest absolute Gasteiger partial charge is 0.371 e. The van der Waals surface area contributed by atoms with Gasteiger partial charge in [-0.3, -0.25) is 0 Å². The van der Waals surface area contributed by atoms with Crippen molar-refractivity contribution in [3.63, 3.8) is 0 Å². The van der Waals surface area contributed by atoms with Crippen LogP contribution in [0.15, 0.2) is 36.4 Å². The molecule has 0 saturated heterocycles. The molecule has 1 N–H and O–H groups in total. The van der Waals surface area contributed by atoms with E-state index in [1.54, 1.807) is 11.3 Å². The van der Waals surface area contributed by atoms with E-state index in [4.69, 9.17) is 16.3 Å². The molecule has 0 saturated carbocycles. The Hall–Kier alpha value is -0.870. The topological polar surface area (TPSA) is 21.3 Å². The van der Waals surface area contributed by atoms with Crippen LogP contribution in [0.5, 0.6) is 0 Å². The lowest BCUT2D eigenvalue weighted by molar-refractivity contribution is 0.109. The monoisotopic (exact) mass is 281 g/mol. The van der Waals surface area contributed by atoms with Crippen LogP contribution in [0.4, 0.5) is 0 Å². The smallest absolute Gasteiger partial charge is 0.0814 e. The molecule has 96 valence electrons. The molecule has 0 unspecified atom stereocenters. The summed E-state index contributed by atoms with van der Waals surface area (Å²) in [7, 11) is 1.95. The van der Waals surface area contributed by atoms with E-state index in [2.05, 4.69) is 17.4 Å². The maximum absolute atomic E-state index is 6.07. The molecule has 0 aliphatic carbocycles. The number of hydrogen-bond acceptors (Lipinski definition) is 3. The summed E-state index contributed by atoms with van der Waals surface area (Å²) in [6.07, 6.45) is 0. The van der Waals surface area contributed by atoms with Crippen molar-refractivity contribution in [3.05, 3.63) is 56.7 Å². The summed E-state index contributed by atoms with van der Waals surface area (Å²) in [5, 5.41) is 3.90. The minimum atomic E-state index is 0.554. The summed E-state index contributed by atoms with van der Waals surface area (Å²) in [4.78, 5) is 2.57. The first-order valence-corrected chi connectivity index (χ1v) is 7.02. The second kappa shape index (κ2) is 6.90. The number of ether oxygens (including phenoxy) is 1. The van der Waals surface area contributed by atoms with Gasteiger partial charge in [0.2, 0.25) is 0 Å². The van der Waals surface area contributed by atoms with Gasteiger partial charge in [-0.25, -0.2) is 0 Å². The van der Waals surface area contributed by atoms with Gasteiger partial charge in [-0.15, -0.1) is 11.3 Å². The molecule has 1 heterocycles. The van der Waals surface area contributed by atoms with E-state index in [1.165, 1.54) is 9.75 Å². The standard InChI is InChI=1S/C14H16ClNOS/c1-16-8-12-6-7-13(18-12)10-17-9-11-4-2-3-5-14(11)15/h2-7,16H,8-10H2,1H3. The Morgan fingerprint density at radius 1 is 1.11 bits per heavy atom. The van der Waals surface area contributed by atoms with E-state index in [1.807, 2.05) is 31.3 Å². The van der Waals surface area contributed by atoms with E-state index in [-0.39, 0.29) is 0 Å². The third-order valence-corrected chi connectivity index (χ3v) is 3.96. The maximum atomic E-state index is 6.07. The molecule has 0 fully saturated rings. The van der Waals surface area contributed by atoms with Gasteiger partial charge in [0.1, 0.15) is 0 Å². The van der Waals surface area contributed by atoms with Crippen molar-refractivity contribution in [1.82, 2.24) is 5.32 Å². The van der Waals surface area contributed by atoms with Crippen molar-refractivity contribution < 1.29 is 4.74 Å². The van der Waals surface area contributed by atoms with Crippen LogP contribution in [0.25, 0.3) is 0 Å². The highest BCUT2D eigenvalue weighted by Gasteiger charge is 2.02. The average molecular weight is 282 g/mol. The fourth-order valence-electron chi connectivity index (χ4n) is 1.65. The number of halogens is 1. The third-order valence-electron chi connectivity index (χ3n) is 2.53.